The van der Waals surface area contributed by atoms with Crippen molar-refractivity contribution >= 4 is 15.8 Å². The van der Waals surface area contributed by atoms with E-state index in [4.69, 9.17) is 4.74 Å². The van der Waals surface area contributed by atoms with Gasteiger partial charge in [-0.3, -0.25) is 0 Å². The monoisotopic (exact) mass is 400 g/mol. The molecule has 0 atom stereocenters. The molecule has 0 radical (unpaired) electrons. The van der Waals surface area contributed by atoms with Crippen molar-refractivity contribution < 1.29 is 13.2 Å². The van der Waals surface area contributed by atoms with Gasteiger partial charge < -0.3 is 9.64 Å². The second kappa shape index (κ2) is 8.59. The van der Waals surface area contributed by atoms with Crippen molar-refractivity contribution in [3.63, 3.8) is 0 Å². The molecule has 1 saturated heterocycles. The number of aryl methyl sites for hydroxylation is 1. The molecule has 1 aromatic carbocycles. The van der Waals surface area contributed by atoms with Gasteiger partial charge in [0.1, 0.15) is 22.5 Å². The average molecular weight is 401 g/mol. The van der Waals surface area contributed by atoms with Crippen LogP contribution < -0.4 is 14.4 Å². The summed E-state index contributed by atoms with van der Waals surface area (Å²) in [7, 11) is -2.18. The molecule has 0 saturated carbocycles. The first kappa shape index (κ1) is 20.1. The molecule has 0 aliphatic carbocycles. The van der Waals surface area contributed by atoms with E-state index in [0.717, 1.165) is 31.5 Å². The van der Waals surface area contributed by atoms with Crippen LogP contribution in [0.4, 0.5) is 5.82 Å². The standard InChI is InChI=1S/C20H24N4O3S/c1-15-5-6-18(27-2)19(12-15)28(25,26)23-14-16-7-10-24(11-8-16)20-17(13-21)4-3-9-22-20/h3-6,9,12,16,23H,7-8,10-11,14H2,1-2H3. The Morgan fingerprint density at radius 2 is 2.07 bits per heavy atom. The third kappa shape index (κ3) is 4.43. The zero-order valence-electron chi connectivity index (χ0n) is 16.1. The fourth-order valence-corrected chi connectivity index (χ4v) is 4.75. The van der Waals surface area contributed by atoms with Crippen molar-refractivity contribution in [3.8, 4) is 11.8 Å². The van der Waals surface area contributed by atoms with Crippen LogP contribution in [-0.2, 0) is 10.0 Å². The van der Waals surface area contributed by atoms with Crippen LogP contribution in [0.25, 0.3) is 0 Å². The molecule has 1 fully saturated rings. The minimum atomic E-state index is -3.65. The molecule has 148 valence electrons. The number of hydrogen-bond donors (Lipinski definition) is 1. The van der Waals surface area contributed by atoms with Crippen LogP contribution in [0.2, 0.25) is 0 Å². The van der Waals surface area contributed by atoms with Gasteiger partial charge in [0, 0.05) is 25.8 Å². The zero-order chi connectivity index (χ0) is 20.1. The third-order valence-corrected chi connectivity index (χ3v) is 6.44. The Balaban J connectivity index is 1.61. The highest BCUT2D eigenvalue weighted by molar-refractivity contribution is 7.89. The Morgan fingerprint density at radius 1 is 1.32 bits per heavy atom. The molecule has 0 amide bonds. The van der Waals surface area contributed by atoms with Crippen molar-refractivity contribution in [2.24, 2.45) is 5.92 Å². The summed E-state index contributed by atoms with van der Waals surface area (Å²) in [4.78, 5) is 6.59. The van der Waals surface area contributed by atoms with Gasteiger partial charge in [-0.1, -0.05) is 6.07 Å². The molecule has 1 aliphatic rings. The van der Waals surface area contributed by atoms with Crippen molar-refractivity contribution in [2.75, 3.05) is 31.6 Å². The summed E-state index contributed by atoms with van der Waals surface area (Å²) in [6, 6.07) is 10.8. The number of rotatable bonds is 6. The van der Waals surface area contributed by atoms with Gasteiger partial charge in [0.25, 0.3) is 0 Å². The summed E-state index contributed by atoms with van der Waals surface area (Å²) >= 11 is 0. The molecule has 1 N–H and O–H groups in total. The number of aromatic nitrogens is 1. The van der Waals surface area contributed by atoms with E-state index in [0.29, 0.717) is 23.7 Å². The predicted octanol–water partition coefficient (Wildman–Crippen LogP) is 2.47. The Bertz CT molecular complexity index is 977. The fraction of sp³-hybridized carbons (Fsp3) is 0.400. The van der Waals surface area contributed by atoms with E-state index >= 15 is 0 Å². The Kier molecular flexibility index (Phi) is 6.17. The van der Waals surface area contributed by atoms with Crippen molar-refractivity contribution in [1.29, 1.82) is 5.26 Å². The molecular formula is C20H24N4O3S. The second-order valence-corrected chi connectivity index (χ2v) is 8.66. The molecule has 28 heavy (non-hydrogen) atoms. The molecule has 2 heterocycles. The average Bonchev–Trinajstić information content (AvgIpc) is 2.72. The predicted molar refractivity (Wildman–Crippen MR) is 107 cm³/mol. The van der Waals surface area contributed by atoms with Crippen LogP contribution in [0, 0.1) is 24.2 Å². The molecule has 2 aromatic rings. The lowest BCUT2D eigenvalue weighted by atomic mass is 9.97. The number of pyridine rings is 1. The molecule has 1 aromatic heterocycles. The molecular weight excluding hydrogens is 376 g/mol. The molecule has 0 spiro atoms. The molecule has 0 unspecified atom stereocenters. The van der Waals surface area contributed by atoms with Gasteiger partial charge in [-0.05, 0) is 55.5 Å². The highest BCUT2D eigenvalue weighted by atomic mass is 32.2. The largest absolute Gasteiger partial charge is 0.495 e. The molecule has 3 rings (SSSR count). The summed E-state index contributed by atoms with van der Waals surface area (Å²) in [6.45, 7) is 3.71. The van der Waals surface area contributed by atoms with E-state index in [1.165, 1.54) is 7.11 Å². The zero-order valence-corrected chi connectivity index (χ0v) is 16.9. The number of benzene rings is 1. The number of anilines is 1. The van der Waals surface area contributed by atoms with Gasteiger partial charge in [-0.2, -0.15) is 5.26 Å². The number of nitrogens with one attached hydrogen (secondary N) is 1. The van der Waals surface area contributed by atoms with Gasteiger partial charge in [0.15, 0.2) is 0 Å². The maximum absolute atomic E-state index is 12.7. The fourth-order valence-electron chi connectivity index (χ4n) is 3.38. The normalized spacial score (nSPS) is 15.2. The summed E-state index contributed by atoms with van der Waals surface area (Å²) < 4.78 is 33.4. The summed E-state index contributed by atoms with van der Waals surface area (Å²) in [5, 5.41) is 9.24. The van der Waals surface area contributed by atoms with E-state index < -0.39 is 10.0 Å². The van der Waals surface area contributed by atoms with Crippen LogP contribution in [0.5, 0.6) is 5.75 Å². The van der Waals surface area contributed by atoms with Crippen molar-refractivity contribution in [3.05, 3.63) is 47.7 Å². The van der Waals surface area contributed by atoms with Gasteiger partial charge in [-0.25, -0.2) is 18.1 Å². The first-order valence-corrected chi connectivity index (χ1v) is 10.7. The van der Waals surface area contributed by atoms with E-state index in [1.54, 1.807) is 30.5 Å². The number of nitrogens with zero attached hydrogens (tertiary/aromatic N) is 3. The lowest BCUT2D eigenvalue weighted by Crippen LogP contribution is -2.39. The van der Waals surface area contributed by atoms with E-state index in [1.807, 2.05) is 13.0 Å². The molecule has 1 aliphatic heterocycles. The van der Waals surface area contributed by atoms with Crippen LogP contribution in [0.1, 0.15) is 24.0 Å². The molecule has 0 bridgehead atoms. The topological polar surface area (TPSA) is 95.3 Å². The minimum Gasteiger partial charge on any atom is -0.495 e. The lowest BCUT2D eigenvalue weighted by molar-refractivity contribution is 0.395. The Morgan fingerprint density at radius 3 is 2.75 bits per heavy atom. The number of piperidine rings is 1. The van der Waals surface area contributed by atoms with Gasteiger partial charge >= 0.3 is 0 Å². The van der Waals surface area contributed by atoms with Crippen molar-refractivity contribution in [2.45, 2.75) is 24.7 Å². The number of hydrogen-bond acceptors (Lipinski definition) is 6. The Hall–Kier alpha value is -2.63. The van der Waals surface area contributed by atoms with E-state index in [-0.39, 0.29) is 10.8 Å². The molecule has 8 heteroatoms. The van der Waals surface area contributed by atoms with Crippen LogP contribution in [0.15, 0.2) is 41.4 Å². The maximum atomic E-state index is 12.7. The number of sulfonamides is 1. The number of ether oxygens (including phenoxy) is 1. The third-order valence-electron chi connectivity index (χ3n) is 4.99. The van der Waals surface area contributed by atoms with E-state index in [2.05, 4.69) is 20.7 Å². The summed E-state index contributed by atoms with van der Waals surface area (Å²) in [6.07, 6.45) is 3.34. The molecule has 7 nitrogen and oxygen atoms in total. The van der Waals surface area contributed by atoms with Gasteiger partial charge in [0.05, 0.1) is 12.7 Å². The quantitative estimate of drug-likeness (QED) is 0.800. The van der Waals surface area contributed by atoms with E-state index in [9.17, 15) is 13.7 Å². The maximum Gasteiger partial charge on any atom is 0.244 e. The van der Waals surface area contributed by atoms with Crippen LogP contribution in [0.3, 0.4) is 0 Å². The number of methoxy groups -OCH3 is 1. The van der Waals surface area contributed by atoms with Crippen LogP contribution >= 0.6 is 0 Å². The SMILES string of the molecule is COc1ccc(C)cc1S(=O)(=O)NCC1CCN(c2ncccc2C#N)CC1. The van der Waals surface area contributed by atoms with Crippen LogP contribution in [-0.4, -0.2) is 40.1 Å². The smallest absolute Gasteiger partial charge is 0.244 e. The lowest BCUT2D eigenvalue weighted by Gasteiger charge is -2.33. The first-order chi connectivity index (χ1) is 13.4. The Labute approximate surface area is 166 Å². The van der Waals surface area contributed by atoms with Crippen molar-refractivity contribution in [1.82, 2.24) is 9.71 Å². The van der Waals surface area contributed by atoms with Gasteiger partial charge in [0.2, 0.25) is 10.0 Å². The highest BCUT2D eigenvalue weighted by Gasteiger charge is 2.25. The second-order valence-electron chi connectivity index (χ2n) is 6.92. The summed E-state index contributed by atoms with van der Waals surface area (Å²) in [5.74, 6) is 1.27. The highest BCUT2D eigenvalue weighted by Crippen LogP contribution is 2.26. The number of nitriles is 1. The first-order valence-electron chi connectivity index (χ1n) is 9.19. The minimum absolute atomic E-state index is 0.166. The summed E-state index contributed by atoms with van der Waals surface area (Å²) in [5.41, 5.74) is 1.42. The van der Waals surface area contributed by atoms with Gasteiger partial charge in [-0.15, -0.1) is 0 Å².